The zero-order valence-electron chi connectivity index (χ0n) is 9.74. The van der Waals surface area contributed by atoms with Gasteiger partial charge in [-0.15, -0.1) is 0 Å². The lowest BCUT2D eigenvalue weighted by Gasteiger charge is -2.27. The molecule has 2 atom stereocenters. The second-order valence-corrected chi connectivity index (χ2v) is 4.51. The van der Waals surface area contributed by atoms with Crippen LogP contribution in [-0.4, -0.2) is 49.6 Å². The molecular weight excluding hydrogens is 198 g/mol. The van der Waals surface area contributed by atoms with E-state index in [2.05, 4.69) is 18.1 Å². The number of carbonyl (C=O) groups excluding carboxylic acids is 1. The van der Waals surface area contributed by atoms with Crippen LogP contribution in [0, 0.1) is 5.92 Å². The monoisotopic (exact) mass is 219 g/mol. The first-order valence-corrected chi connectivity index (χ1v) is 6.21. The first kappa shape index (κ1) is 13.8. The molecule has 0 amide bonds. The van der Waals surface area contributed by atoms with Crippen LogP contribution in [0.4, 0.5) is 0 Å². The number of esters is 1. The minimum absolute atomic E-state index is 0.0631. The second-order valence-electron chi connectivity index (χ2n) is 3.53. The highest BCUT2D eigenvalue weighted by atomic mass is 32.2. The van der Waals surface area contributed by atoms with E-state index in [1.54, 1.807) is 0 Å². The molecule has 2 unspecified atom stereocenters. The third-order valence-corrected chi connectivity index (χ3v) is 3.23. The maximum Gasteiger partial charge on any atom is 0.309 e. The summed E-state index contributed by atoms with van der Waals surface area (Å²) < 4.78 is 4.72. The highest BCUT2D eigenvalue weighted by Crippen LogP contribution is 2.11. The number of carbonyl (C=O) groups is 1. The van der Waals surface area contributed by atoms with Crippen LogP contribution in [0.1, 0.15) is 13.8 Å². The maximum absolute atomic E-state index is 11.3. The minimum Gasteiger partial charge on any atom is -0.469 e. The normalized spacial score (nSPS) is 15.3. The Morgan fingerprint density at radius 2 is 2.07 bits per heavy atom. The van der Waals surface area contributed by atoms with Gasteiger partial charge in [0.2, 0.25) is 0 Å². The predicted octanol–water partition coefficient (Wildman–Crippen LogP) is 1.48. The summed E-state index contributed by atoms with van der Waals surface area (Å²) in [4.78, 5) is 13.5. The van der Waals surface area contributed by atoms with Crippen molar-refractivity contribution in [2.45, 2.75) is 19.9 Å². The summed E-state index contributed by atoms with van der Waals surface area (Å²) in [5.74, 6) is 0.898. The molecule has 0 saturated heterocycles. The summed E-state index contributed by atoms with van der Waals surface area (Å²) in [6, 6.07) is 0.231. The number of methoxy groups -OCH3 is 1. The molecule has 0 aliphatic carbocycles. The molecule has 0 bridgehead atoms. The third kappa shape index (κ3) is 4.33. The van der Waals surface area contributed by atoms with Crippen molar-refractivity contribution in [1.29, 1.82) is 0 Å². The summed E-state index contributed by atoms with van der Waals surface area (Å²) >= 11 is 1.82. The predicted molar refractivity (Wildman–Crippen MR) is 61.7 cm³/mol. The Hall–Kier alpha value is -0.220. The summed E-state index contributed by atoms with van der Waals surface area (Å²) in [6.45, 7) is 4.97. The van der Waals surface area contributed by atoms with Crippen molar-refractivity contribution in [3.63, 3.8) is 0 Å². The van der Waals surface area contributed by atoms with E-state index in [1.165, 1.54) is 7.11 Å². The molecule has 0 heterocycles. The van der Waals surface area contributed by atoms with Gasteiger partial charge in [0.25, 0.3) is 0 Å². The number of ether oxygens (including phenoxy) is 1. The fraction of sp³-hybridized carbons (Fsp3) is 0.900. The number of nitrogens with zero attached hydrogens (tertiary/aromatic N) is 1. The zero-order chi connectivity index (χ0) is 11.1. The molecular formula is C10H21NO2S. The van der Waals surface area contributed by atoms with Gasteiger partial charge in [0, 0.05) is 18.3 Å². The molecule has 0 rings (SSSR count). The van der Waals surface area contributed by atoms with Crippen LogP contribution in [0.25, 0.3) is 0 Å². The lowest BCUT2D eigenvalue weighted by Crippen LogP contribution is -2.39. The fourth-order valence-corrected chi connectivity index (χ4v) is 1.67. The van der Waals surface area contributed by atoms with Gasteiger partial charge in [-0.25, -0.2) is 0 Å². The van der Waals surface area contributed by atoms with Gasteiger partial charge in [-0.2, -0.15) is 11.8 Å². The first-order valence-electron chi connectivity index (χ1n) is 4.81. The van der Waals surface area contributed by atoms with Gasteiger partial charge >= 0.3 is 5.97 Å². The third-order valence-electron chi connectivity index (χ3n) is 2.64. The second kappa shape index (κ2) is 7.12. The highest BCUT2D eigenvalue weighted by Gasteiger charge is 2.23. The van der Waals surface area contributed by atoms with Gasteiger partial charge in [-0.1, -0.05) is 6.92 Å². The smallest absolute Gasteiger partial charge is 0.309 e. The average Bonchev–Trinajstić information content (AvgIpc) is 2.22. The number of thioether (sulfide) groups is 1. The molecule has 0 spiro atoms. The van der Waals surface area contributed by atoms with Crippen molar-refractivity contribution in [2.24, 2.45) is 5.92 Å². The molecule has 0 fully saturated rings. The molecule has 84 valence electrons. The molecule has 4 heteroatoms. The maximum atomic E-state index is 11.3. The fourth-order valence-electron chi connectivity index (χ4n) is 1.20. The first-order chi connectivity index (χ1) is 6.54. The van der Waals surface area contributed by atoms with E-state index in [-0.39, 0.29) is 17.9 Å². The molecule has 0 aromatic carbocycles. The molecule has 0 aromatic heterocycles. The van der Waals surface area contributed by atoms with Gasteiger partial charge in [0.05, 0.1) is 13.0 Å². The Labute approximate surface area is 91.2 Å². The van der Waals surface area contributed by atoms with E-state index in [0.29, 0.717) is 0 Å². The van der Waals surface area contributed by atoms with Crippen molar-refractivity contribution in [1.82, 2.24) is 4.90 Å². The van der Waals surface area contributed by atoms with Crippen molar-refractivity contribution in [3.8, 4) is 0 Å². The SMILES string of the molecule is COC(=O)C(C)C(C)N(C)CCSC. The van der Waals surface area contributed by atoms with Crippen molar-refractivity contribution < 1.29 is 9.53 Å². The average molecular weight is 219 g/mol. The van der Waals surface area contributed by atoms with E-state index in [4.69, 9.17) is 4.74 Å². The Morgan fingerprint density at radius 1 is 1.50 bits per heavy atom. The largest absolute Gasteiger partial charge is 0.469 e. The van der Waals surface area contributed by atoms with Gasteiger partial charge < -0.3 is 9.64 Å². The van der Waals surface area contributed by atoms with Crippen LogP contribution in [0.3, 0.4) is 0 Å². The van der Waals surface area contributed by atoms with Crippen LogP contribution in [0.2, 0.25) is 0 Å². The molecule has 14 heavy (non-hydrogen) atoms. The molecule has 0 aromatic rings. The Balaban J connectivity index is 4.02. The van der Waals surface area contributed by atoms with Crippen LogP contribution < -0.4 is 0 Å². The van der Waals surface area contributed by atoms with E-state index in [9.17, 15) is 4.79 Å². The summed E-state index contributed by atoms with van der Waals surface area (Å²) in [6.07, 6.45) is 2.09. The number of rotatable bonds is 6. The summed E-state index contributed by atoms with van der Waals surface area (Å²) in [7, 11) is 3.48. The Bertz CT molecular complexity index is 176. The molecule has 0 aliphatic rings. The zero-order valence-corrected chi connectivity index (χ0v) is 10.6. The highest BCUT2D eigenvalue weighted by molar-refractivity contribution is 7.98. The molecule has 0 radical (unpaired) electrons. The summed E-state index contributed by atoms with van der Waals surface area (Å²) in [5.41, 5.74) is 0. The molecule has 0 N–H and O–H groups in total. The number of hydrogen-bond donors (Lipinski definition) is 0. The Morgan fingerprint density at radius 3 is 2.50 bits per heavy atom. The van der Waals surface area contributed by atoms with Crippen LogP contribution in [0.15, 0.2) is 0 Å². The quantitative estimate of drug-likeness (QED) is 0.633. The van der Waals surface area contributed by atoms with Crippen LogP contribution in [-0.2, 0) is 9.53 Å². The lowest BCUT2D eigenvalue weighted by molar-refractivity contribution is -0.146. The van der Waals surface area contributed by atoms with E-state index < -0.39 is 0 Å². The summed E-state index contributed by atoms with van der Waals surface area (Å²) in [5, 5.41) is 0. The van der Waals surface area contributed by atoms with Crippen LogP contribution in [0.5, 0.6) is 0 Å². The van der Waals surface area contributed by atoms with Crippen molar-refractivity contribution in [2.75, 3.05) is 32.7 Å². The van der Waals surface area contributed by atoms with Gasteiger partial charge in [-0.05, 0) is 20.2 Å². The van der Waals surface area contributed by atoms with Gasteiger partial charge in [-0.3, -0.25) is 4.79 Å². The molecule has 0 aliphatic heterocycles. The Kier molecular flexibility index (Phi) is 7.01. The van der Waals surface area contributed by atoms with E-state index >= 15 is 0 Å². The molecule has 3 nitrogen and oxygen atoms in total. The standard InChI is InChI=1S/C10H21NO2S/c1-8(10(12)13-4)9(2)11(3)6-7-14-5/h8-9H,6-7H2,1-5H3. The van der Waals surface area contributed by atoms with Gasteiger partial charge in [0.15, 0.2) is 0 Å². The topological polar surface area (TPSA) is 29.5 Å². The van der Waals surface area contributed by atoms with Crippen molar-refractivity contribution in [3.05, 3.63) is 0 Å². The van der Waals surface area contributed by atoms with E-state index in [0.717, 1.165) is 12.3 Å². The van der Waals surface area contributed by atoms with Crippen LogP contribution >= 0.6 is 11.8 Å². The van der Waals surface area contributed by atoms with Gasteiger partial charge in [0.1, 0.15) is 0 Å². The van der Waals surface area contributed by atoms with Crippen molar-refractivity contribution >= 4 is 17.7 Å². The molecule has 0 saturated carbocycles. The number of hydrogen-bond acceptors (Lipinski definition) is 4. The van der Waals surface area contributed by atoms with E-state index in [1.807, 2.05) is 25.7 Å². The lowest BCUT2D eigenvalue weighted by atomic mass is 10.0. The minimum atomic E-state index is -0.131.